The molecule has 0 aliphatic carbocycles. The van der Waals surface area contributed by atoms with Crippen LogP contribution < -0.4 is 5.73 Å². The average molecular weight is 183 g/mol. The Balaban J connectivity index is 2.87. The van der Waals surface area contributed by atoms with Crippen molar-refractivity contribution in [1.82, 2.24) is 15.0 Å². The van der Waals surface area contributed by atoms with Crippen LogP contribution in [0.2, 0.25) is 5.02 Å². The second kappa shape index (κ2) is 2.35. The Hall–Kier alpha value is -1.29. The molecule has 1 aromatic carbocycles. The molecule has 2 rings (SSSR count). The van der Waals surface area contributed by atoms with E-state index in [-0.39, 0.29) is 0 Å². The Kier molecular flexibility index (Phi) is 1.44. The Morgan fingerprint density at radius 3 is 3.00 bits per heavy atom. The largest absolute Gasteiger partial charge is 0.397 e. The van der Waals surface area contributed by atoms with E-state index in [9.17, 15) is 0 Å². The number of rotatable bonds is 0. The van der Waals surface area contributed by atoms with Crippen LogP contribution in [0.25, 0.3) is 11.0 Å². The van der Waals surface area contributed by atoms with Gasteiger partial charge in [-0.15, -0.1) is 5.10 Å². The van der Waals surface area contributed by atoms with Crippen molar-refractivity contribution < 1.29 is 0 Å². The molecule has 0 radical (unpaired) electrons. The molecule has 12 heavy (non-hydrogen) atoms. The van der Waals surface area contributed by atoms with Gasteiger partial charge >= 0.3 is 0 Å². The van der Waals surface area contributed by atoms with Gasteiger partial charge in [0.2, 0.25) is 0 Å². The molecule has 62 valence electrons. The fourth-order valence-electron chi connectivity index (χ4n) is 1.07. The summed E-state index contributed by atoms with van der Waals surface area (Å²) in [5.74, 6) is 0. The molecule has 4 nitrogen and oxygen atoms in total. The summed E-state index contributed by atoms with van der Waals surface area (Å²) in [7, 11) is 1.81. The summed E-state index contributed by atoms with van der Waals surface area (Å²) in [6.07, 6.45) is 0. The van der Waals surface area contributed by atoms with Gasteiger partial charge in [0.15, 0.2) is 0 Å². The third-order valence-corrected chi connectivity index (χ3v) is 2.06. The van der Waals surface area contributed by atoms with E-state index >= 15 is 0 Å². The van der Waals surface area contributed by atoms with E-state index in [4.69, 9.17) is 17.3 Å². The zero-order chi connectivity index (χ0) is 8.72. The predicted octanol–water partition coefficient (Wildman–Crippen LogP) is 1.20. The van der Waals surface area contributed by atoms with Crippen LogP contribution in [-0.4, -0.2) is 15.0 Å². The van der Waals surface area contributed by atoms with Crippen molar-refractivity contribution in [1.29, 1.82) is 0 Å². The number of benzene rings is 1. The van der Waals surface area contributed by atoms with E-state index in [1.54, 1.807) is 16.8 Å². The number of aromatic nitrogens is 3. The molecule has 1 heterocycles. The van der Waals surface area contributed by atoms with Gasteiger partial charge in [-0.2, -0.15) is 0 Å². The number of halogens is 1. The molecule has 0 spiro atoms. The van der Waals surface area contributed by atoms with Crippen molar-refractivity contribution in [3.8, 4) is 0 Å². The molecule has 2 N–H and O–H groups in total. The third kappa shape index (κ3) is 0.921. The van der Waals surface area contributed by atoms with E-state index in [2.05, 4.69) is 10.3 Å². The Bertz CT molecular complexity index is 434. The molecule has 0 aliphatic heterocycles. The highest BCUT2D eigenvalue weighted by molar-refractivity contribution is 6.33. The molecule has 0 saturated heterocycles. The van der Waals surface area contributed by atoms with Crippen molar-refractivity contribution in [3.63, 3.8) is 0 Å². The molecular weight excluding hydrogens is 176 g/mol. The van der Waals surface area contributed by atoms with E-state index < -0.39 is 0 Å². The summed E-state index contributed by atoms with van der Waals surface area (Å²) in [4.78, 5) is 0. The molecule has 0 atom stereocenters. The molecule has 0 unspecified atom stereocenters. The lowest BCUT2D eigenvalue weighted by Gasteiger charge is -1.96. The lowest BCUT2D eigenvalue weighted by atomic mass is 10.3. The van der Waals surface area contributed by atoms with Gasteiger partial charge in [0.25, 0.3) is 0 Å². The second-order valence-corrected chi connectivity index (χ2v) is 2.98. The van der Waals surface area contributed by atoms with Crippen LogP contribution in [0.1, 0.15) is 0 Å². The molecule has 2 aromatic rings. The van der Waals surface area contributed by atoms with Gasteiger partial charge in [0, 0.05) is 7.05 Å². The smallest absolute Gasteiger partial charge is 0.115 e. The van der Waals surface area contributed by atoms with Gasteiger partial charge in [-0.05, 0) is 12.1 Å². The summed E-state index contributed by atoms with van der Waals surface area (Å²) >= 11 is 5.82. The van der Waals surface area contributed by atoms with Gasteiger partial charge in [-0.3, -0.25) is 0 Å². The number of hydrogen-bond donors (Lipinski definition) is 1. The summed E-state index contributed by atoms with van der Waals surface area (Å²) in [6, 6.07) is 3.47. The number of fused-ring (bicyclic) bond motifs is 1. The number of anilines is 1. The van der Waals surface area contributed by atoms with Crippen LogP contribution in [0.5, 0.6) is 0 Å². The van der Waals surface area contributed by atoms with Crippen molar-refractivity contribution in [2.75, 3.05) is 5.73 Å². The summed E-state index contributed by atoms with van der Waals surface area (Å²) in [5.41, 5.74) is 7.77. The van der Waals surface area contributed by atoms with Crippen LogP contribution in [0.3, 0.4) is 0 Å². The van der Waals surface area contributed by atoms with Gasteiger partial charge in [0.1, 0.15) is 5.52 Å². The highest BCUT2D eigenvalue weighted by Crippen LogP contribution is 2.23. The maximum absolute atomic E-state index is 5.82. The topological polar surface area (TPSA) is 56.7 Å². The summed E-state index contributed by atoms with van der Waals surface area (Å²) < 4.78 is 1.65. The first-order chi connectivity index (χ1) is 5.68. The first-order valence-electron chi connectivity index (χ1n) is 3.43. The zero-order valence-corrected chi connectivity index (χ0v) is 7.21. The first kappa shape index (κ1) is 7.36. The number of hydrogen-bond acceptors (Lipinski definition) is 3. The monoisotopic (exact) mass is 182 g/mol. The Morgan fingerprint density at radius 1 is 1.50 bits per heavy atom. The average Bonchev–Trinajstić information content (AvgIpc) is 2.35. The molecule has 1 aromatic heterocycles. The maximum Gasteiger partial charge on any atom is 0.115 e. The number of nitrogen functional groups attached to an aromatic ring is 1. The first-order valence-corrected chi connectivity index (χ1v) is 3.80. The molecule has 0 bridgehead atoms. The van der Waals surface area contributed by atoms with E-state index in [1.165, 1.54) is 0 Å². The number of nitrogens with two attached hydrogens (primary N) is 1. The van der Waals surface area contributed by atoms with Gasteiger partial charge < -0.3 is 5.73 Å². The third-order valence-electron chi connectivity index (χ3n) is 1.73. The van der Waals surface area contributed by atoms with Crippen LogP contribution >= 0.6 is 11.6 Å². The summed E-state index contributed by atoms with van der Waals surface area (Å²) in [5, 5.41) is 8.26. The minimum Gasteiger partial charge on any atom is -0.397 e. The van der Waals surface area contributed by atoms with Crippen molar-refractivity contribution in [2.24, 2.45) is 7.05 Å². The Morgan fingerprint density at radius 2 is 2.25 bits per heavy atom. The van der Waals surface area contributed by atoms with Crippen LogP contribution in [0.15, 0.2) is 12.1 Å². The lowest BCUT2D eigenvalue weighted by molar-refractivity contribution is 0.736. The molecule has 0 amide bonds. The fraction of sp³-hybridized carbons (Fsp3) is 0.143. The SMILES string of the molecule is Cn1nnc2cc(N)c(Cl)cc21. The zero-order valence-electron chi connectivity index (χ0n) is 6.45. The van der Waals surface area contributed by atoms with Gasteiger partial charge in [-0.1, -0.05) is 16.8 Å². The fourth-order valence-corrected chi connectivity index (χ4v) is 1.23. The molecule has 0 saturated carbocycles. The van der Waals surface area contributed by atoms with E-state index in [1.807, 2.05) is 7.05 Å². The molecule has 5 heteroatoms. The van der Waals surface area contributed by atoms with Crippen molar-refractivity contribution in [2.45, 2.75) is 0 Å². The number of nitrogens with zero attached hydrogens (tertiary/aromatic N) is 3. The van der Waals surface area contributed by atoms with E-state index in [0.29, 0.717) is 10.7 Å². The van der Waals surface area contributed by atoms with E-state index in [0.717, 1.165) is 11.0 Å². The minimum absolute atomic E-state index is 0.532. The van der Waals surface area contributed by atoms with Crippen molar-refractivity contribution in [3.05, 3.63) is 17.2 Å². The number of aryl methyl sites for hydroxylation is 1. The van der Waals surface area contributed by atoms with Crippen molar-refractivity contribution >= 4 is 28.3 Å². The normalized spacial score (nSPS) is 10.8. The van der Waals surface area contributed by atoms with Gasteiger partial charge in [0.05, 0.1) is 16.2 Å². The second-order valence-electron chi connectivity index (χ2n) is 2.58. The van der Waals surface area contributed by atoms with Crippen LogP contribution in [-0.2, 0) is 7.05 Å². The highest BCUT2D eigenvalue weighted by atomic mass is 35.5. The van der Waals surface area contributed by atoms with Gasteiger partial charge in [-0.25, -0.2) is 4.68 Å². The molecular formula is C7H7ClN4. The van der Waals surface area contributed by atoms with Crippen LogP contribution in [0, 0.1) is 0 Å². The molecule has 0 aliphatic rings. The van der Waals surface area contributed by atoms with Crippen LogP contribution in [0.4, 0.5) is 5.69 Å². The standard InChI is InChI=1S/C7H7ClN4/c1-12-7-2-4(8)5(9)3-6(7)10-11-12/h2-3H,9H2,1H3. The quantitative estimate of drug-likeness (QED) is 0.623. The predicted molar refractivity (Wildman–Crippen MR) is 47.9 cm³/mol. The minimum atomic E-state index is 0.532. The maximum atomic E-state index is 5.82. The lowest BCUT2D eigenvalue weighted by Crippen LogP contribution is -1.90. The summed E-state index contributed by atoms with van der Waals surface area (Å²) in [6.45, 7) is 0. The highest BCUT2D eigenvalue weighted by Gasteiger charge is 2.04. The molecule has 0 fully saturated rings. The Labute approximate surface area is 73.9 Å².